The highest BCUT2D eigenvalue weighted by atomic mass is 35.5. The molecule has 0 spiro atoms. The predicted octanol–water partition coefficient (Wildman–Crippen LogP) is 2.44. The molecule has 0 radical (unpaired) electrons. The highest BCUT2D eigenvalue weighted by Crippen LogP contribution is 2.18. The van der Waals surface area contributed by atoms with Gasteiger partial charge in [-0.05, 0) is 24.6 Å². The molecule has 0 aliphatic rings. The third kappa shape index (κ3) is 3.30. The van der Waals surface area contributed by atoms with Crippen molar-refractivity contribution in [2.24, 2.45) is 7.05 Å². The molecule has 0 aliphatic carbocycles. The van der Waals surface area contributed by atoms with Crippen LogP contribution in [-0.4, -0.2) is 16.4 Å². The number of hydrogen-bond acceptors (Lipinski definition) is 4. The van der Waals surface area contributed by atoms with Gasteiger partial charge in [-0.3, -0.25) is 4.79 Å². The van der Waals surface area contributed by atoms with Crippen molar-refractivity contribution in [3.63, 3.8) is 0 Å². The van der Waals surface area contributed by atoms with Crippen LogP contribution in [0, 0.1) is 0 Å². The third-order valence-electron chi connectivity index (χ3n) is 2.77. The van der Waals surface area contributed by atoms with Gasteiger partial charge < -0.3 is 10.1 Å². The second-order valence-corrected chi connectivity index (χ2v) is 4.61. The van der Waals surface area contributed by atoms with Gasteiger partial charge in [-0.2, -0.15) is 5.10 Å². The van der Waals surface area contributed by atoms with E-state index in [4.69, 9.17) is 16.3 Å². The van der Waals surface area contributed by atoms with E-state index in [-0.39, 0.29) is 10.6 Å². The Balaban J connectivity index is 2.11. The molecule has 0 bridgehead atoms. The predicted molar refractivity (Wildman–Crippen MR) is 79.4 cm³/mol. The van der Waals surface area contributed by atoms with Crippen LogP contribution < -0.4 is 15.6 Å². The van der Waals surface area contributed by atoms with Crippen molar-refractivity contribution < 1.29 is 4.74 Å². The van der Waals surface area contributed by atoms with Gasteiger partial charge >= 0.3 is 0 Å². The van der Waals surface area contributed by atoms with Crippen LogP contribution in [0.5, 0.6) is 5.75 Å². The van der Waals surface area contributed by atoms with Crippen molar-refractivity contribution in [3.05, 3.63) is 51.4 Å². The first-order valence-electron chi connectivity index (χ1n) is 6.29. The first-order valence-corrected chi connectivity index (χ1v) is 6.67. The minimum Gasteiger partial charge on any atom is -0.494 e. The number of rotatable bonds is 5. The molecule has 2 aromatic rings. The highest BCUT2D eigenvalue weighted by molar-refractivity contribution is 6.32. The SMILES string of the molecule is CCOc1cccc(CNc2cnn(C)c(=O)c2Cl)c1. The van der Waals surface area contributed by atoms with Crippen LogP contribution in [0.4, 0.5) is 5.69 Å². The highest BCUT2D eigenvalue weighted by Gasteiger charge is 2.07. The summed E-state index contributed by atoms with van der Waals surface area (Å²) in [6.45, 7) is 3.10. The molecule has 0 amide bonds. The van der Waals surface area contributed by atoms with Gasteiger partial charge in [-0.15, -0.1) is 0 Å². The Bertz CT molecular complexity index is 655. The van der Waals surface area contributed by atoms with Crippen LogP contribution in [0.1, 0.15) is 12.5 Å². The molecule has 1 aromatic heterocycles. The Hall–Kier alpha value is -2.01. The first-order chi connectivity index (χ1) is 9.61. The summed E-state index contributed by atoms with van der Waals surface area (Å²) in [5, 5.41) is 7.18. The fraction of sp³-hybridized carbons (Fsp3) is 0.286. The fourth-order valence-electron chi connectivity index (χ4n) is 1.74. The number of ether oxygens (including phenoxy) is 1. The van der Waals surface area contributed by atoms with E-state index in [9.17, 15) is 4.79 Å². The Labute approximate surface area is 122 Å². The second kappa shape index (κ2) is 6.43. The van der Waals surface area contributed by atoms with E-state index in [1.165, 1.54) is 10.9 Å². The van der Waals surface area contributed by atoms with Crippen LogP contribution >= 0.6 is 11.6 Å². The first kappa shape index (κ1) is 14.4. The Kier molecular flexibility index (Phi) is 4.63. The van der Waals surface area contributed by atoms with E-state index in [0.717, 1.165) is 11.3 Å². The molecule has 106 valence electrons. The summed E-state index contributed by atoms with van der Waals surface area (Å²) < 4.78 is 6.64. The van der Waals surface area contributed by atoms with Gasteiger partial charge in [0.25, 0.3) is 5.56 Å². The van der Waals surface area contributed by atoms with E-state index < -0.39 is 0 Å². The quantitative estimate of drug-likeness (QED) is 0.920. The molecule has 6 heteroatoms. The van der Waals surface area contributed by atoms with Gasteiger partial charge in [0.05, 0.1) is 18.5 Å². The molecule has 1 N–H and O–H groups in total. The molecular formula is C14H16ClN3O2. The fourth-order valence-corrected chi connectivity index (χ4v) is 1.98. The molecule has 5 nitrogen and oxygen atoms in total. The minimum absolute atomic E-state index is 0.142. The molecule has 0 saturated heterocycles. The lowest BCUT2D eigenvalue weighted by atomic mass is 10.2. The van der Waals surface area contributed by atoms with Gasteiger partial charge in [0.2, 0.25) is 0 Å². The van der Waals surface area contributed by atoms with Crippen LogP contribution in [0.2, 0.25) is 5.02 Å². The Morgan fingerprint density at radius 2 is 2.25 bits per heavy atom. The molecular weight excluding hydrogens is 278 g/mol. The third-order valence-corrected chi connectivity index (χ3v) is 3.14. The number of aromatic nitrogens is 2. The average Bonchev–Trinajstić information content (AvgIpc) is 2.45. The summed E-state index contributed by atoms with van der Waals surface area (Å²) in [5.41, 5.74) is 1.24. The van der Waals surface area contributed by atoms with Crippen LogP contribution in [0.3, 0.4) is 0 Å². The maximum absolute atomic E-state index is 11.6. The van der Waals surface area contributed by atoms with Gasteiger partial charge in [0.1, 0.15) is 10.8 Å². The molecule has 1 heterocycles. The van der Waals surface area contributed by atoms with Crippen LogP contribution in [-0.2, 0) is 13.6 Å². The largest absolute Gasteiger partial charge is 0.494 e. The number of halogens is 1. The van der Waals surface area contributed by atoms with E-state index in [1.807, 2.05) is 31.2 Å². The summed E-state index contributed by atoms with van der Waals surface area (Å²) in [4.78, 5) is 11.6. The van der Waals surface area contributed by atoms with Crippen molar-refractivity contribution in [1.82, 2.24) is 9.78 Å². The van der Waals surface area contributed by atoms with E-state index in [2.05, 4.69) is 10.4 Å². The van der Waals surface area contributed by atoms with Gasteiger partial charge in [-0.1, -0.05) is 23.7 Å². The summed E-state index contributed by atoms with van der Waals surface area (Å²) >= 11 is 5.99. The maximum Gasteiger partial charge on any atom is 0.287 e. The molecule has 0 unspecified atom stereocenters. The molecule has 0 fully saturated rings. The number of anilines is 1. The summed E-state index contributed by atoms with van der Waals surface area (Å²) in [7, 11) is 1.56. The number of nitrogens with one attached hydrogen (secondary N) is 1. The lowest BCUT2D eigenvalue weighted by Crippen LogP contribution is -2.21. The topological polar surface area (TPSA) is 56.1 Å². The summed E-state index contributed by atoms with van der Waals surface area (Å²) in [5.74, 6) is 0.819. The molecule has 20 heavy (non-hydrogen) atoms. The number of aryl methyl sites for hydroxylation is 1. The van der Waals surface area contributed by atoms with Crippen LogP contribution in [0.25, 0.3) is 0 Å². The molecule has 0 saturated carbocycles. The van der Waals surface area contributed by atoms with Crippen molar-refractivity contribution >= 4 is 17.3 Å². The minimum atomic E-state index is -0.320. The van der Waals surface area contributed by atoms with Crippen molar-refractivity contribution in [2.45, 2.75) is 13.5 Å². The van der Waals surface area contributed by atoms with Crippen LogP contribution in [0.15, 0.2) is 35.3 Å². The Morgan fingerprint density at radius 1 is 1.45 bits per heavy atom. The lowest BCUT2D eigenvalue weighted by molar-refractivity contribution is 0.340. The average molecular weight is 294 g/mol. The lowest BCUT2D eigenvalue weighted by Gasteiger charge is -2.10. The zero-order valence-electron chi connectivity index (χ0n) is 11.4. The summed E-state index contributed by atoms with van der Waals surface area (Å²) in [6, 6.07) is 7.74. The number of nitrogens with zero attached hydrogens (tertiary/aromatic N) is 2. The van der Waals surface area contributed by atoms with Gasteiger partial charge in [-0.25, -0.2) is 4.68 Å². The molecule has 2 rings (SSSR count). The van der Waals surface area contributed by atoms with Gasteiger partial charge in [0.15, 0.2) is 0 Å². The standard InChI is InChI=1S/C14H16ClN3O2/c1-3-20-11-6-4-5-10(7-11)8-16-12-9-17-18(2)14(19)13(12)15/h4-7,9,16H,3,8H2,1-2H3. The van der Waals surface area contributed by atoms with E-state index >= 15 is 0 Å². The van der Waals surface area contributed by atoms with Gasteiger partial charge in [0, 0.05) is 13.6 Å². The van der Waals surface area contributed by atoms with E-state index in [1.54, 1.807) is 7.05 Å². The maximum atomic E-state index is 11.6. The molecule has 1 aromatic carbocycles. The summed E-state index contributed by atoms with van der Waals surface area (Å²) in [6.07, 6.45) is 1.54. The van der Waals surface area contributed by atoms with Crippen molar-refractivity contribution in [2.75, 3.05) is 11.9 Å². The smallest absolute Gasteiger partial charge is 0.287 e. The molecule has 0 atom stereocenters. The Morgan fingerprint density at radius 3 is 3.00 bits per heavy atom. The number of benzene rings is 1. The zero-order chi connectivity index (χ0) is 14.5. The second-order valence-electron chi connectivity index (χ2n) is 4.23. The number of hydrogen-bond donors (Lipinski definition) is 1. The molecule has 0 aliphatic heterocycles. The zero-order valence-corrected chi connectivity index (χ0v) is 12.1. The normalized spacial score (nSPS) is 10.3. The van der Waals surface area contributed by atoms with Crippen molar-refractivity contribution in [1.29, 1.82) is 0 Å². The monoisotopic (exact) mass is 293 g/mol. The van der Waals surface area contributed by atoms with Crippen molar-refractivity contribution in [3.8, 4) is 5.75 Å². The van der Waals surface area contributed by atoms with E-state index in [0.29, 0.717) is 18.8 Å².